The van der Waals surface area contributed by atoms with Gasteiger partial charge in [-0.15, -0.1) is 0 Å². The van der Waals surface area contributed by atoms with Crippen LogP contribution in [0.1, 0.15) is 18.4 Å². The van der Waals surface area contributed by atoms with Gasteiger partial charge in [0, 0.05) is 11.3 Å². The van der Waals surface area contributed by atoms with Crippen LogP contribution < -0.4 is 5.32 Å². The molecule has 1 saturated carbocycles. The van der Waals surface area contributed by atoms with E-state index in [9.17, 15) is 9.18 Å². The van der Waals surface area contributed by atoms with Gasteiger partial charge in [0.25, 0.3) is 0 Å². The Morgan fingerprint density at radius 1 is 1.43 bits per heavy atom. The highest BCUT2D eigenvalue weighted by Gasteiger charge is 2.57. The summed E-state index contributed by atoms with van der Waals surface area (Å²) in [6, 6.07) is 3.13. The van der Waals surface area contributed by atoms with E-state index in [0.717, 1.165) is 12.8 Å². The van der Waals surface area contributed by atoms with Crippen molar-refractivity contribution in [2.75, 3.05) is 5.32 Å². The molecule has 2 nitrogen and oxygen atoms in total. The number of fused-ring (bicyclic) bond motifs is 2. The monoisotopic (exact) mass is 211 g/mol. The lowest BCUT2D eigenvalue weighted by Gasteiger charge is -2.06. The number of nitrogens with one attached hydrogen (secondary N) is 1. The molecule has 1 spiro atoms. The van der Waals surface area contributed by atoms with Crippen LogP contribution in [-0.2, 0) is 10.2 Å². The normalized spacial score (nSPS) is 20.9. The first-order chi connectivity index (χ1) is 6.65. The number of amides is 1. The lowest BCUT2D eigenvalue weighted by Crippen LogP contribution is -2.19. The molecule has 1 aliphatic carbocycles. The third kappa shape index (κ3) is 0.786. The smallest absolute Gasteiger partial charge is 0.235 e. The molecular formula is C10H7ClFNO. The van der Waals surface area contributed by atoms with Crippen LogP contribution >= 0.6 is 11.6 Å². The standard InChI is InChI=1S/C10H7ClFNO/c11-5-1-2-6-7(8(5)12)10(3-4-10)9(14)13-6/h1-2H,3-4H2,(H,13,14). The van der Waals surface area contributed by atoms with Crippen molar-refractivity contribution in [2.24, 2.45) is 0 Å². The topological polar surface area (TPSA) is 29.1 Å². The van der Waals surface area contributed by atoms with Crippen LogP contribution in [0.25, 0.3) is 0 Å². The summed E-state index contributed by atoms with van der Waals surface area (Å²) < 4.78 is 13.7. The predicted octanol–water partition coefficient (Wildman–Crippen LogP) is 2.46. The SMILES string of the molecule is O=C1Nc2ccc(Cl)c(F)c2C12CC2. The Hall–Kier alpha value is -1.09. The third-order valence-electron chi connectivity index (χ3n) is 3.01. The maximum Gasteiger partial charge on any atom is 0.235 e. The Labute approximate surface area is 85.1 Å². The first kappa shape index (κ1) is 8.24. The van der Waals surface area contributed by atoms with Crippen molar-refractivity contribution in [2.45, 2.75) is 18.3 Å². The second kappa shape index (κ2) is 2.28. The number of anilines is 1. The first-order valence-corrected chi connectivity index (χ1v) is 4.83. The fraction of sp³-hybridized carbons (Fsp3) is 0.300. The largest absolute Gasteiger partial charge is 0.325 e. The number of benzene rings is 1. The summed E-state index contributed by atoms with van der Waals surface area (Å²) in [6.07, 6.45) is 1.45. The first-order valence-electron chi connectivity index (χ1n) is 4.45. The highest BCUT2D eigenvalue weighted by atomic mass is 35.5. The van der Waals surface area contributed by atoms with Gasteiger partial charge in [-0.2, -0.15) is 0 Å². The molecule has 1 aromatic rings. The van der Waals surface area contributed by atoms with Gasteiger partial charge in [0.1, 0.15) is 5.82 Å². The van der Waals surface area contributed by atoms with Gasteiger partial charge in [-0.1, -0.05) is 11.6 Å². The van der Waals surface area contributed by atoms with Crippen LogP contribution in [0.4, 0.5) is 10.1 Å². The van der Waals surface area contributed by atoms with E-state index in [1.54, 1.807) is 6.07 Å². The third-order valence-corrected chi connectivity index (χ3v) is 3.30. The number of halogens is 2. The Morgan fingerprint density at radius 2 is 2.14 bits per heavy atom. The summed E-state index contributed by atoms with van der Waals surface area (Å²) >= 11 is 5.68. The molecule has 0 saturated heterocycles. The predicted molar refractivity (Wildman–Crippen MR) is 51.0 cm³/mol. The zero-order chi connectivity index (χ0) is 9.92. The fourth-order valence-electron chi connectivity index (χ4n) is 2.08. The lowest BCUT2D eigenvalue weighted by atomic mass is 9.97. The van der Waals surface area contributed by atoms with Crippen LogP contribution in [0, 0.1) is 5.82 Å². The molecule has 0 bridgehead atoms. The molecule has 0 atom stereocenters. The summed E-state index contributed by atoms with van der Waals surface area (Å²) in [4.78, 5) is 11.6. The van der Waals surface area contributed by atoms with E-state index in [1.807, 2.05) is 0 Å². The van der Waals surface area contributed by atoms with Gasteiger partial charge in [-0.25, -0.2) is 4.39 Å². The maximum atomic E-state index is 13.7. The molecule has 1 aromatic carbocycles. The molecule has 0 aromatic heterocycles. The average molecular weight is 212 g/mol. The fourth-order valence-corrected chi connectivity index (χ4v) is 2.24. The number of rotatable bonds is 0. The van der Waals surface area contributed by atoms with E-state index in [1.165, 1.54) is 6.07 Å². The summed E-state index contributed by atoms with van der Waals surface area (Å²) in [5.41, 5.74) is 0.453. The number of carbonyl (C=O) groups is 1. The molecule has 1 fully saturated rings. The van der Waals surface area contributed by atoms with Crippen molar-refractivity contribution >= 4 is 23.2 Å². The van der Waals surface area contributed by atoms with E-state index in [2.05, 4.69) is 5.32 Å². The van der Waals surface area contributed by atoms with E-state index in [-0.39, 0.29) is 10.9 Å². The highest BCUT2D eigenvalue weighted by Crippen LogP contribution is 2.56. The van der Waals surface area contributed by atoms with Crippen LogP contribution in [0.2, 0.25) is 5.02 Å². The number of hydrogen-bond donors (Lipinski definition) is 1. The molecule has 1 heterocycles. The van der Waals surface area contributed by atoms with Crippen LogP contribution in [0.15, 0.2) is 12.1 Å². The molecule has 14 heavy (non-hydrogen) atoms. The van der Waals surface area contributed by atoms with Crippen molar-refractivity contribution in [1.29, 1.82) is 0 Å². The van der Waals surface area contributed by atoms with Gasteiger partial charge in [-0.05, 0) is 25.0 Å². The minimum absolute atomic E-state index is 0.0892. The Kier molecular flexibility index (Phi) is 1.34. The molecular weight excluding hydrogens is 205 g/mol. The van der Waals surface area contributed by atoms with Crippen molar-refractivity contribution in [1.82, 2.24) is 0 Å². The Morgan fingerprint density at radius 3 is 2.79 bits per heavy atom. The van der Waals surface area contributed by atoms with E-state index in [4.69, 9.17) is 11.6 Å². The Balaban J connectivity index is 2.31. The molecule has 1 amide bonds. The summed E-state index contributed by atoms with van der Waals surface area (Å²) in [5.74, 6) is -0.534. The van der Waals surface area contributed by atoms with Crippen LogP contribution in [-0.4, -0.2) is 5.91 Å². The maximum absolute atomic E-state index is 13.7. The summed E-state index contributed by atoms with van der Waals surface area (Å²) in [7, 11) is 0. The molecule has 72 valence electrons. The van der Waals surface area contributed by atoms with Crippen LogP contribution in [0.5, 0.6) is 0 Å². The highest BCUT2D eigenvalue weighted by molar-refractivity contribution is 6.31. The molecule has 4 heteroatoms. The zero-order valence-corrected chi connectivity index (χ0v) is 7.99. The van der Waals surface area contributed by atoms with Crippen molar-refractivity contribution < 1.29 is 9.18 Å². The zero-order valence-electron chi connectivity index (χ0n) is 7.23. The Bertz CT molecular complexity index is 454. The van der Waals surface area contributed by atoms with Crippen molar-refractivity contribution in [3.8, 4) is 0 Å². The lowest BCUT2D eigenvalue weighted by molar-refractivity contribution is -0.117. The minimum Gasteiger partial charge on any atom is -0.325 e. The van der Waals surface area contributed by atoms with Gasteiger partial charge < -0.3 is 5.32 Å². The summed E-state index contributed by atoms with van der Waals surface area (Å²) in [5, 5.41) is 2.77. The van der Waals surface area contributed by atoms with Gasteiger partial charge in [0.2, 0.25) is 5.91 Å². The van der Waals surface area contributed by atoms with Crippen molar-refractivity contribution in [3.63, 3.8) is 0 Å². The van der Waals surface area contributed by atoms with Gasteiger partial charge >= 0.3 is 0 Å². The summed E-state index contributed by atoms with van der Waals surface area (Å²) in [6.45, 7) is 0. The average Bonchev–Trinajstić information content (AvgIpc) is 2.87. The van der Waals surface area contributed by atoms with E-state index < -0.39 is 11.2 Å². The van der Waals surface area contributed by atoms with Gasteiger partial charge in [0.05, 0.1) is 10.4 Å². The minimum atomic E-state index is -0.593. The van der Waals surface area contributed by atoms with Gasteiger partial charge in [0.15, 0.2) is 0 Å². The van der Waals surface area contributed by atoms with E-state index in [0.29, 0.717) is 11.3 Å². The molecule has 3 rings (SSSR count). The van der Waals surface area contributed by atoms with E-state index >= 15 is 0 Å². The molecule has 2 aliphatic rings. The second-order valence-corrected chi connectivity index (χ2v) is 4.23. The molecule has 0 unspecified atom stereocenters. The van der Waals surface area contributed by atoms with Crippen LogP contribution in [0.3, 0.4) is 0 Å². The molecule has 1 N–H and O–H groups in total. The molecule has 0 radical (unpaired) electrons. The molecule has 1 aliphatic heterocycles. The quantitative estimate of drug-likeness (QED) is 0.702. The second-order valence-electron chi connectivity index (χ2n) is 3.82. The number of carbonyl (C=O) groups excluding carboxylic acids is 1. The number of hydrogen-bond acceptors (Lipinski definition) is 1. The van der Waals surface area contributed by atoms with Gasteiger partial charge in [-0.3, -0.25) is 4.79 Å². The van der Waals surface area contributed by atoms with Crippen molar-refractivity contribution in [3.05, 3.63) is 28.5 Å².